The van der Waals surface area contributed by atoms with Crippen LogP contribution in [0.3, 0.4) is 0 Å². The van der Waals surface area contributed by atoms with Crippen LogP contribution in [0.2, 0.25) is 0 Å². The van der Waals surface area contributed by atoms with E-state index < -0.39 is 11.9 Å². The van der Waals surface area contributed by atoms with Gasteiger partial charge in [0, 0.05) is 13.0 Å². The topological polar surface area (TPSA) is 57.6 Å². The molecule has 0 bridgehead atoms. The molecule has 112 valence electrons. The minimum atomic E-state index is -0.795. The van der Waals surface area contributed by atoms with Crippen molar-refractivity contribution in [2.75, 3.05) is 6.54 Å². The Kier molecular flexibility index (Phi) is 3.70. The number of rotatable bonds is 4. The first-order valence-corrected chi connectivity index (χ1v) is 7.74. The van der Waals surface area contributed by atoms with Gasteiger partial charge < -0.3 is 10.0 Å². The molecule has 2 unspecified atom stereocenters. The van der Waals surface area contributed by atoms with Crippen LogP contribution in [0.25, 0.3) is 0 Å². The van der Waals surface area contributed by atoms with Crippen molar-refractivity contribution in [1.29, 1.82) is 0 Å². The molecule has 0 radical (unpaired) electrons. The van der Waals surface area contributed by atoms with Crippen LogP contribution in [-0.4, -0.2) is 28.4 Å². The molecule has 1 saturated carbocycles. The number of amides is 1. The molecule has 1 N–H and O–H groups in total. The van der Waals surface area contributed by atoms with Crippen LogP contribution in [0.4, 0.5) is 0 Å². The van der Waals surface area contributed by atoms with Gasteiger partial charge in [-0.1, -0.05) is 24.3 Å². The van der Waals surface area contributed by atoms with E-state index in [9.17, 15) is 14.7 Å². The second kappa shape index (κ2) is 5.51. The molecule has 1 aliphatic carbocycles. The van der Waals surface area contributed by atoms with Crippen LogP contribution in [0.15, 0.2) is 24.3 Å². The number of piperidine rings is 1. The smallest absolute Gasteiger partial charge is 0.308 e. The SMILES string of the molecule is CCN1C(=O)CCC(C(=O)O)C1c1ccccc1C1CC1. The largest absolute Gasteiger partial charge is 0.481 e. The lowest BCUT2D eigenvalue weighted by molar-refractivity contribution is -0.151. The third-order valence-corrected chi connectivity index (χ3v) is 4.70. The molecule has 1 aliphatic heterocycles. The van der Waals surface area contributed by atoms with Crippen molar-refractivity contribution < 1.29 is 14.7 Å². The van der Waals surface area contributed by atoms with Crippen LogP contribution >= 0.6 is 0 Å². The van der Waals surface area contributed by atoms with Crippen molar-refractivity contribution in [2.24, 2.45) is 5.92 Å². The Hall–Kier alpha value is -1.84. The van der Waals surface area contributed by atoms with E-state index in [0.29, 0.717) is 25.3 Å². The van der Waals surface area contributed by atoms with Crippen molar-refractivity contribution >= 4 is 11.9 Å². The normalized spacial score (nSPS) is 26.0. The highest BCUT2D eigenvalue weighted by atomic mass is 16.4. The molecule has 1 aromatic rings. The molecule has 1 amide bonds. The van der Waals surface area contributed by atoms with Crippen molar-refractivity contribution in [3.63, 3.8) is 0 Å². The quantitative estimate of drug-likeness (QED) is 0.926. The van der Waals surface area contributed by atoms with Gasteiger partial charge in [-0.2, -0.15) is 0 Å². The number of aliphatic carboxylic acids is 1. The molecule has 0 aromatic heterocycles. The monoisotopic (exact) mass is 287 g/mol. The molecule has 3 rings (SSSR count). The zero-order valence-corrected chi connectivity index (χ0v) is 12.3. The van der Waals surface area contributed by atoms with E-state index in [1.165, 1.54) is 18.4 Å². The van der Waals surface area contributed by atoms with Gasteiger partial charge in [0.25, 0.3) is 0 Å². The summed E-state index contributed by atoms with van der Waals surface area (Å²) in [6.07, 6.45) is 3.12. The lowest BCUT2D eigenvalue weighted by atomic mass is 9.81. The zero-order valence-electron chi connectivity index (χ0n) is 12.3. The molecule has 4 heteroatoms. The Morgan fingerprint density at radius 3 is 2.48 bits per heavy atom. The fourth-order valence-corrected chi connectivity index (χ4v) is 3.52. The lowest BCUT2D eigenvalue weighted by Crippen LogP contribution is -2.45. The summed E-state index contributed by atoms with van der Waals surface area (Å²) in [6.45, 7) is 2.49. The molecule has 21 heavy (non-hydrogen) atoms. The number of carboxylic acids is 1. The van der Waals surface area contributed by atoms with Crippen LogP contribution < -0.4 is 0 Å². The molecular weight excluding hydrogens is 266 g/mol. The van der Waals surface area contributed by atoms with Crippen molar-refractivity contribution in [1.82, 2.24) is 4.90 Å². The number of hydrogen-bond donors (Lipinski definition) is 1. The number of carboxylic acid groups (broad SMARTS) is 1. The zero-order chi connectivity index (χ0) is 15.0. The van der Waals surface area contributed by atoms with Crippen LogP contribution in [0, 0.1) is 5.92 Å². The molecular formula is C17H21NO3. The number of likely N-dealkylation sites (tertiary alicyclic amines) is 1. The van der Waals surface area contributed by atoms with E-state index in [1.807, 2.05) is 25.1 Å². The summed E-state index contributed by atoms with van der Waals surface area (Å²) >= 11 is 0. The highest BCUT2D eigenvalue weighted by Gasteiger charge is 2.42. The van der Waals surface area contributed by atoms with Gasteiger partial charge in [0.05, 0.1) is 12.0 Å². The van der Waals surface area contributed by atoms with Crippen molar-refractivity contribution in [3.8, 4) is 0 Å². The lowest BCUT2D eigenvalue weighted by Gasteiger charge is -2.40. The first kappa shape index (κ1) is 14.1. The average molecular weight is 287 g/mol. The molecule has 2 atom stereocenters. The highest BCUT2D eigenvalue weighted by Crippen LogP contribution is 2.46. The van der Waals surface area contributed by atoms with Crippen LogP contribution in [0.1, 0.15) is 55.7 Å². The van der Waals surface area contributed by atoms with Gasteiger partial charge in [-0.3, -0.25) is 9.59 Å². The Morgan fingerprint density at radius 1 is 1.24 bits per heavy atom. The number of hydrogen-bond acceptors (Lipinski definition) is 2. The third kappa shape index (κ3) is 2.55. The minimum absolute atomic E-state index is 0.0746. The van der Waals surface area contributed by atoms with E-state index in [2.05, 4.69) is 6.07 Å². The van der Waals surface area contributed by atoms with Crippen molar-refractivity contribution in [3.05, 3.63) is 35.4 Å². The summed E-state index contributed by atoms with van der Waals surface area (Å²) in [6, 6.07) is 7.75. The van der Waals surface area contributed by atoms with Gasteiger partial charge in [-0.15, -0.1) is 0 Å². The maximum atomic E-state index is 12.2. The second-order valence-electron chi connectivity index (χ2n) is 6.01. The Morgan fingerprint density at radius 2 is 1.90 bits per heavy atom. The maximum absolute atomic E-state index is 12.2. The molecule has 2 fully saturated rings. The van der Waals surface area contributed by atoms with E-state index in [4.69, 9.17) is 0 Å². The molecule has 1 aromatic carbocycles. The highest BCUT2D eigenvalue weighted by molar-refractivity contribution is 5.82. The number of carbonyl (C=O) groups excluding carboxylic acids is 1. The van der Waals surface area contributed by atoms with Crippen LogP contribution in [-0.2, 0) is 9.59 Å². The summed E-state index contributed by atoms with van der Waals surface area (Å²) in [5, 5.41) is 9.58. The second-order valence-corrected chi connectivity index (χ2v) is 6.01. The number of benzene rings is 1. The van der Waals surface area contributed by atoms with E-state index in [-0.39, 0.29) is 11.9 Å². The third-order valence-electron chi connectivity index (χ3n) is 4.70. The number of nitrogens with zero attached hydrogens (tertiary/aromatic N) is 1. The average Bonchev–Trinajstić information content (AvgIpc) is 3.31. The standard InChI is InChI=1S/C17H21NO3/c1-2-18-15(19)10-9-14(17(20)21)16(18)13-6-4-3-5-12(13)11-7-8-11/h3-6,11,14,16H,2,7-10H2,1H3,(H,20,21). The minimum Gasteiger partial charge on any atom is -0.481 e. The number of carbonyl (C=O) groups is 2. The predicted molar refractivity (Wildman–Crippen MR) is 78.9 cm³/mol. The molecule has 2 aliphatic rings. The fourth-order valence-electron chi connectivity index (χ4n) is 3.52. The molecule has 1 heterocycles. The Balaban J connectivity index is 2.05. The van der Waals surface area contributed by atoms with Gasteiger partial charge in [-0.05, 0) is 43.2 Å². The van der Waals surface area contributed by atoms with Crippen molar-refractivity contribution in [2.45, 2.75) is 44.6 Å². The van der Waals surface area contributed by atoms with E-state index in [0.717, 1.165) is 5.56 Å². The summed E-state index contributed by atoms with van der Waals surface area (Å²) in [4.78, 5) is 25.6. The molecule has 1 saturated heterocycles. The Labute approximate surface area is 124 Å². The summed E-state index contributed by atoms with van der Waals surface area (Å²) in [5.74, 6) is -0.670. The van der Waals surface area contributed by atoms with Crippen LogP contribution in [0.5, 0.6) is 0 Å². The summed E-state index contributed by atoms with van der Waals surface area (Å²) in [5.41, 5.74) is 2.28. The van der Waals surface area contributed by atoms with Gasteiger partial charge in [0.15, 0.2) is 0 Å². The molecule has 0 spiro atoms. The molecule has 4 nitrogen and oxygen atoms in total. The van der Waals surface area contributed by atoms with Gasteiger partial charge in [0.2, 0.25) is 5.91 Å². The summed E-state index contributed by atoms with van der Waals surface area (Å²) in [7, 11) is 0. The first-order valence-electron chi connectivity index (χ1n) is 7.74. The van der Waals surface area contributed by atoms with E-state index >= 15 is 0 Å². The predicted octanol–water partition coefficient (Wildman–Crippen LogP) is 2.95. The van der Waals surface area contributed by atoms with Gasteiger partial charge >= 0.3 is 5.97 Å². The Bertz CT molecular complexity index is 563. The summed E-state index contributed by atoms with van der Waals surface area (Å²) < 4.78 is 0. The maximum Gasteiger partial charge on any atom is 0.308 e. The first-order chi connectivity index (χ1) is 10.1. The van der Waals surface area contributed by atoms with E-state index in [1.54, 1.807) is 4.90 Å². The van der Waals surface area contributed by atoms with Gasteiger partial charge in [-0.25, -0.2) is 0 Å². The van der Waals surface area contributed by atoms with Gasteiger partial charge in [0.1, 0.15) is 0 Å². The fraction of sp³-hybridized carbons (Fsp3) is 0.529.